The van der Waals surface area contributed by atoms with Gasteiger partial charge in [0.15, 0.2) is 11.5 Å². The van der Waals surface area contributed by atoms with Crippen molar-refractivity contribution in [2.75, 3.05) is 34.5 Å². The molecule has 0 aliphatic heterocycles. The quantitative estimate of drug-likeness (QED) is 0.439. The molecule has 0 unspecified atom stereocenters. The lowest BCUT2D eigenvalue weighted by Gasteiger charge is -2.14. The molecule has 3 aromatic rings. The van der Waals surface area contributed by atoms with Crippen LogP contribution < -0.4 is 26.0 Å². The Labute approximate surface area is 202 Å². The van der Waals surface area contributed by atoms with Crippen LogP contribution in [0.5, 0.6) is 11.5 Å². The molecule has 10 nitrogen and oxygen atoms in total. The molecule has 0 radical (unpaired) electrons. The van der Waals surface area contributed by atoms with Gasteiger partial charge in [-0.1, -0.05) is 12.1 Å². The molecule has 36 heavy (non-hydrogen) atoms. The minimum atomic E-state index is -4.62. The Bertz CT molecular complexity index is 1370. The number of aromatic nitrogens is 3. The molecule has 0 aliphatic rings. The van der Waals surface area contributed by atoms with Crippen molar-refractivity contribution >= 4 is 5.91 Å². The zero-order valence-electron chi connectivity index (χ0n) is 19.6. The van der Waals surface area contributed by atoms with E-state index in [9.17, 15) is 27.6 Å². The third kappa shape index (κ3) is 5.74. The summed E-state index contributed by atoms with van der Waals surface area (Å²) in [6, 6.07) is 8.53. The second kappa shape index (κ2) is 11.1. The van der Waals surface area contributed by atoms with E-state index in [1.54, 1.807) is 0 Å². The summed E-state index contributed by atoms with van der Waals surface area (Å²) >= 11 is 0. The SMILES string of the molecule is COCCNC(=O)c1nn(-c2ccc(OC)c(OC)c2)c(=O)n(Cc2cccc(C(F)(F)F)c2)c1=O. The Morgan fingerprint density at radius 2 is 1.75 bits per heavy atom. The van der Waals surface area contributed by atoms with Crippen molar-refractivity contribution in [3.8, 4) is 17.2 Å². The first-order valence-corrected chi connectivity index (χ1v) is 10.5. The number of methoxy groups -OCH3 is 3. The van der Waals surface area contributed by atoms with Gasteiger partial charge < -0.3 is 19.5 Å². The Kier molecular flexibility index (Phi) is 8.14. The summed E-state index contributed by atoms with van der Waals surface area (Å²) < 4.78 is 56.2. The van der Waals surface area contributed by atoms with Gasteiger partial charge in [0.2, 0.25) is 5.69 Å². The van der Waals surface area contributed by atoms with Crippen LogP contribution in [0.15, 0.2) is 52.1 Å². The van der Waals surface area contributed by atoms with Crippen molar-refractivity contribution in [1.29, 1.82) is 0 Å². The monoisotopic (exact) mass is 508 g/mol. The van der Waals surface area contributed by atoms with Crippen LogP contribution in [0.3, 0.4) is 0 Å². The zero-order valence-corrected chi connectivity index (χ0v) is 19.6. The Morgan fingerprint density at radius 3 is 2.39 bits per heavy atom. The van der Waals surface area contributed by atoms with Crippen LogP contribution in [0.2, 0.25) is 0 Å². The van der Waals surface area contributed by atoms with E-state index in [-0.39, 0.29) is 30.2 Å². The summed E-state index contributed by atoms with van der Waals surface area (Å²) in [4.78, 5) is 39.1. The number of ether oxygens (including phenoxy) is 3. The molecular weight excluding hydrogens is 485 g/mol. The van der Waals surface area contributed by atoms with E-state index in [2.05, 4.69) is 10.4 Å². The molecule has 2 aromatic carbocycles. The lowest BCUT2D eigenvalue weighted by atomic mass is 10.1. The number of hydrogen-bond acceptors (Lipinski definition) is 7. The van der Waals surface area contributed by atoms with Crippen LogP contribution in [0, 0.1) is 0 Å². The summed E-state index contributed by atoms with van der Waals surface area (Å²) in [5, 5.41) is 6.40. The maximum atomic E-state index is 13.3. The molecule has 13 heteroatoms. The number of benzene rings is 2. The molecule has 0 saturated heterocycles. The van der Waals surface area contributed by atoms with Gasteiger partial charge in [-0.15, -0.1) is 0 Å². The van der Waals surface area contributed by atoms with Gasteiger partial charge in [0.05, 0.1) is 38.6 Å². The van der Waals surface area contributed by atoms with Crippen molar-refractivity contribution in [2.45, 2.75) is 12.7 Å². The van der Waals surface area contributed by atoms with Crippen LogP contribution in [-0.4, -0.2) is 54.7 Å². The molecule has 3 rings (SSSR count). The first-order valence-electron chi connectivity index (χ1n) is 10.5. The number of halogens is 3. The highest BCUT2D eigenvalue weighted by Gasteiger charge is 2.30. The normalized spacial score (nSPS) is 11.3. The lowest BCUT2D eigenvalue weighted by Crippen LogP contribution is -2.46. The number of nitrogens with one attached hydrogen (secondary N) is 1. The molecule has 0 saturated carbocycles. The van der Waals surface area contributed by atoms with Crippen LogP contribution in [0.4, 0.5) is 13.2 Å². The van der Waals surface area contributed by atoms with Gasteiger partial charge in [-0.2, -0.15) is 23.0 Å². The summed E-state index contributed by atoms with van der Waals surface area (Å²) in [7, 11) is 4.21. The second-order valence-corrected chi connectivity index (χ2v) is 7.42. The fourth-order valence-corrected chi connectivity index (χ4v) is 3.30. The van der Waals surface area contributed by atoms with E-state index >= 15 is 0 Å². The van der Waals surface area contributed by atoms with Gasteiger partial charge in [-0.05, 0) is 29.8 Å². The minimum absolute atomic E-state index is 0.0276. The number of nitrogens with zero attached hydrogens (tertiary/aromatic N) is 3. The van der Waals surface area contributed by atoms with Crippen molar-refractivity contribution in [3.05, 3.63) is 80.1 Å². The van der Waals surface area contributed by atoms with E-state index < -0.39 is 41.1 Å². The first-order chi connectivity index (χ1) is 17.1. The van der Waals surface area contributed by atoms with E-state index in [1.165, 1.54) is 45.6 Å². The molecule has 1 N–H and O–H groups in total. The Hall–Kier alpha value is -4.13. The third-order valence-electron chi connectivity index (χ3n) is 5.07. The van der Waals surface area contributed by atoms with Crippen LogP contribution in [0.25, 0.3) is 5.69 Å². The third-order valence-corrected chi connectivity index (χ3v) is 5.07. The number of carbonyl (C=O) groups is 1. The molecule has 1 heterocycles. The zero-order chi connectivity index (χ0) is 26.5. The van der Waals surface area contributed by atoms with Crippen LogP contribution in [-0.2, 0) is 17.5 Å². The molecule has 0 bridgehead atoms. The highest BCUT2D eigenvalue weighted by atomic mass is 19.4. The van der Waals surface area contributed by atoms with E-state index in [4.69, 9.17) is 14.2 Å². The van der Waals surface area contributed by atoms with Gasteiger partial charge in [-0.3, -0.25) is 14.2 Å². The van der Waals surface area contributed by atoms with Gasteiger partial charge in [-0.25, -0.2) is 4.79 Å². The summed E-state index contributed by atoms with van der Waals surface area (Å²) in [5.74, 6) is -0.293. The molecule has 0 spiro atoms. The number of hydrogen-bond donors (Lipinski definition) is 1. The summed E-state index contributed by atoms with van der Waals surface area (Å²) in [6.07, 6.45) is -4.62. The minimum Gasteiger partial charge on any atom is -0.493 e. The van der Waals surface area contributed by atoms with Crippen molar-refractivity contribution in [3.63, 3.8) is 0 Å². The van der Waals surface area contributed by atoms with Crippen molar-refractivity contribution in [1.82, 2.24) is 19.7 Å². The van der Waals surface area contributed by atoms with Crippen molar-refractivity contribution < 1.29 is 32.2 Å². The van der Waals surface area contributed by atoms with Gasteiger partial charge in [0, 0.05) is 19.7 Å². The fraction of sp³-hybridized carbons (Fsp3) is 0.304. The first kappa shape index (κ1) is 26.5. The molecule has 0 fully saturated rings. The number of rotatable bonds is 9. The highest BCUT2D eigenvalue weighted by Crippen LogP contribution is 2.30. The summed E-state index contributed by atoms with van der Waals surface area (Å²) in [6.45, 7) is -0.325. The molecular formula is C23H23F3N4O6. The molecule has 192 valence electrons. The smallest absolute Gasteiger partial charge is 0.416 e. The predicted molar refractivity (Wildman–Crippen MR) is 122 cm³/mol. The van der Waals surface area contributed by atoms with E-state index in [1.807, 2.05) is 0 Å². The highest BCUT2D eigenvalue weighted by molar-refractivity contribution is 5.91. The second-order valence-electron chi connectivity index (χ2n) is 7.42. The number of alkyl halides is 3. The topological polar surface area (TPSA) is 114 Å². The van der Waals surface area contributed by atoms with Gasteiger partial charge >= 0.3 is 11.9 Å². The standard InChI is InChI=1S/C23H23F3N4O6/c1-34-10-9-27-20(31)19-21(32)29(13-14-5-4-6-15(11-14)23(24,25)26)22(33)30(28-19)16-7-8-17(35-2)18(12-16)36-3/h4-8,11-12H,9-10,13H2,1-3H3,(H,27,31). The maximum absolute atomic E-state index is 13.3. The average Bonchev–Trinajstić information content (AvgIpc) is 2.86. The lowest BCUT2D eigenvalue weighted by molar-refractivity contribution is -0.137. The van der Waals surface area contributed by atoms with Gasteiger partial charge in [0.25, 0.3) is 11.5 Å². The van der Waals surface area contributed by atoms with Crippen LogP contribution in [0.1, 0.15) is 21.6 Å². The largest absolute Gasteiger partial charge is 0.493 e. The molecule has 1 amide bonds. The van der Waals surface area contributed by atoms with Gasteiger partial charge in [0.1, 0.15) is 0 Å². The molecule has 0 atom stereocenters. The molecule has 0 aliphatic carbocycles. The van der Waals surface area contributed by atoms with Crippen LogP contribution >= 0.6 is 0 Å². The fourth-order valence-electron chi connectivity index (χ4n) is 3.30. The summed E-state index contributed by atoms with van der Waals surface area (Å²) in [5.41, 5.74) is -3.46. The van der Waals surface area contributed by atoms with Crippen molar-refractivity contribution in [2.24, 2.45) is 0 Å². The maximum Gasteiger partial charge on any atom is 0.416 e. The predicted octanol–water partition coefficient (Wildman–Crippen LogP) is 1.85. The van der Waals surface area contributed by atoms with E-state index in [0.29, 0.717) is 10.3 Å². The van der Waals surface area contributed by atoms with E-state index in [0.717, 1.165) is 22.9 Å². The molecule has 1 aromatic heterocycles. The Balaban J connectivity index is 2.19. The number of carbonyl (C=O) groups excluding carboxylic acids is 1. The Morgan fingerprint density at radius 1 is 1.03 bits per heavy atom. The average molecular weight is 508 g/mol. The number of amides is 1.